The molecule has 0 aromatic heterocycles. The molecule has 1 unspecified atom stereocenters. The van der Waals surface area contributed by atoms with Crippen LogP contribution in [0, 0.1) is 11.7 Å². The van der Waals surface area contributed by atoms with Gasteiger partial charge in [-0.25, -0.2) is 4.39 Å². The lowest BCUT2D eigenvalue weighted by Gasteiger charge is -2.12. The fraction of sp³-hybridized carbons (Fsp3) is 0.308. The number of ketones is 1. The second-order valence-corrected chi connectivity index (χ2v) is 3.92. The van der Waals surface area contributed by atoms with Crippen LogP contribution in [0.1, 0.15) is 23.2 Å². The average molecular weight is 268 g/mol. The molecule has 0 saturated carbocycles. The van der Waals surface area contributed by atoms with Crippen LogP contribution in [0.4, 0.5) is 4.39 Å². The minimum Gasteiger partial charge on any atom is -0.481 e. The third-order valence-corrected chi connectivity index (χ3v) is 2.57. The van der Waals surface area contributed by atoms with E-state index in [0.717, 1.165) is 13.2 Å². The number of halogens is 1. The largest absolute Gasteiger partial charge is 0.481 e. The maximum Gasteiger partial charge on any atom is 0.306 e. The van der Waals surface area contributed by atoms with Crippen molar-refractivity contribution in [2.75, 3.05) is 7.11 Å². The van der Waals surface area contributed by atoms with Crippen molar-refractivity contribution in [1.82, 2.24) is 0 Å². The van der Waals surface area contributed by atoms with Crippen molar-refractivity contribution in [3.63, 3.8) is 0 Å². The highest BCUT2D eigenvalue weighted by Crippen LogP contribution is 2.19. The predicted octanol–water partition coefficient (Wildman–Crippen LogP) is 1.66. The van der Waals surface area contributed by atoms with Crippen LogP contribution in [0.2, 0.25) is 0 Å². The number of carboxylic acids is 1. The Hall–Kier alpha value is -2.24. The van der Waals surface area contributed by atoms with Crippen LogP contribution < -0.4 is 0 Å². The molecule has 102 valence electrons. The van der Waals surface area contributed by atoms with Crippen molar-refractivity contribution < 1.29 is 28.6 Å². The van der Waals surface area contributed by atoms with Crippen LogP contribution in [0.5, 0.6) is 0 Å². The number of rotatable bonds is 6. The Bertz CT molecular complexity index is 498. The molecule has 0 aliphatic rings. The molecule has 0 radical (unpaired) electrons. The SMILES string of the molecule is COC(=O)CC(CC(=O)O)C(=O)c1ccccc1F. The maximum atomic E-state index is 13.5. The van der Waals surface area contributed by atoms with Gasteiger partial charge in [0.15, 0.2) is 5.78 Å². The highest BCUT2D eigenvalue weighted by Gasteiger charge is 2.27. The van der Waals surface area contributed by atoms with Crippen molar-refractivity contribution in [3.8, 4) is 0 Å². The van der Waals surface area contributed by atoms with Crippen LogP contribution in [0.15, 0.2) is 24.3 Å². The summed E-state index contributed by atoms with van der Waals surface area (Å²) in [6.45, 7) is 0. The minimum atomic E-state index is -1.24. The Kier molecular flexibility index (Phi) is 5.17. The Morgan fingerprint density at radius 1 is 1.26 bits per heavy atom. The molecule has 0 aliphatic carbocycles. The molecule has 1 aromatic carbocycles. The zero-order valence-electron chi connectivity index (χ0n) is 10.3. The lowest BCUT2D eigenvalue weighted by Crippen LogP contribution is -2.23. The number of esters is 1. The van der Waals surface area contributed by atoms with Crippen LogP contribution >= 0.6 is 0 Å². The fourth-order valence-corrected chi connectivity index (χ4v) is 1.63. The molecule has 0 aliphatic heterocycles. The molecule has 0 spiro atoms. The van der Waals surface area contributed by atoms with E-state index in [0.29, 0.717) is 0 Å². The van der Waals surface area contributed by atoms with Crippen LogP contribution in [-0.2, 0) is 14.3 Å². The van der Waals surface area contributed by atoms with Crippen LogP contribution in [-0.4, -0.2) is 29.9 Å². The highest BCUT2D eigenvalue weighted by atomic mass is 19.1. The second-order valence-electron chi connectivity index (χ2n) is 3.92. The van der Waals surface area contributed by atoms with Gasteiger partial charge in [0.1, 0.15) is 5.82 Å². The zero-order valence-corrected chi connectivity index (χ0v) is 10.3. The molecule has 1 atom stereocenters. The number of aliphatic carboxylic acids is 1. The first-order valence-corrected chi connectivity index (χ1v) is 5.53. The molecule has 1 N–H and O–H groups in total. The van der Waals surface area contributed by atoms with Gasteiger partial charge in [-0.1, -0.05) is 12.1 Å². The molecule has 0 heterocycles. The quantitative estimate of drug-likeness (QED) is 0.627. The number of carboxylic acid groups (broad SMARTS) is 1. The zero-order chi connectivity index (χ0) is 14.4. The smallest absolute Gasteiger partial charge is 0.306 e. The lowest BCUT2D eigenvalue weighted by molar-refractivity contribution is -0.142. The standard InChI is InChI=1S/C13H13FO5/c1-19-12(17)7-8(6-11(15)16)13(18)9-4-2-3-5-10(9)14/h2-5,8H,6-7H2,1H3,(H,15,16). The van der Waals surface area contributed by atoms with Gasteiger partial charge in [-0.3, -0.25) is 14.4 Å². The summed E-state index contributed by atoms with van der Waals surface area (Å²) in [6, 6.07) is 5.23. The van der Waals surface area contributed by atoms with Gasteiger partial charge in [0, 0.05) is 5.92 Å². The third kappa shape index (κ3) is 4.17. The molecule has 19 heavy (non-hydrogen) atoms. The summed E-state index contributed by atoms with van der Waals surface area (Å²) in [5.41, 5.74) is -0.224. The number of carbonyl (C=O) groups excluding carboxylic acids is 2. The summed E-state index contributed by atoms with van der Waals surface area (Å²) in [4.78, 5) is 33.9. The topological polar surface area (TPSA) is 80.7 Å². The molecule has 0 fully saturated rings. The van der Waals surface area contributed by atoms with E-state index in [-0.39, 0.29) is 5.56 Å². The third-order valence-electron chi connectivity index (χ3n) is 2.57. The van der Waals surface area contributed by atoms with E-state index in [9.17, 15) is 18.8 Å². The van der Waals surface area contributed by atoms with Gasteiger partial charge in [-0.2, -0.15) is 0 Å². The summed E-state index contributed by atoms with van der Waals surface area (Å²) in [5.74, 6) is -4.55. The summed E-state index contributed by atoms with van der Waals surface area (Å²) in [6.07, 6.45) is -0.946. The van der Waals surface area contributed by atoms with Crippen molar-refractivity contribution in [1.29, 1.82) is 0 Å². The van der Waals surface area contributed by atoms with Crippen molar-refractivity contribution in [2.45, 2.75) is 12.8 Å². The molecule has 1 aromatic rings. The molecule has 1 rings (SSSR count). The first kappa shape index (κ1) is 14.8. The van der Waals surface area contributed by atoms with Crippen molar-refractivity contribution in [3.05, 3.63) is 35.6 Å². The van der Waals surface area contributed by atoms with Gasteiger partial charge in [-0.15, -0.1) is 0 Å². The first-order chi connectivity index (χ1) is 8.95. The van der Waals surface area contributed by atoms with E-state index in [1.165, 1.54) is 18.2 Å². The summed E-state index contributed by atoms with van der Waals surface area (Å²) in [5, 5.41) is 8.74. The summed E-state index contributed by atoms with van der Waals surface area (Å²) in [7, 11) is 1.13. The van der Waals surface area contributed by atoms with Gasteiger partial charge in [-0.05, 0) is 12.1 Å². The monoisotopic (exact) mass is 268 g/mol. The number of carbonyl (C=O) groups is 3. The molecular formula is C13H13FO5. The first-order valence-electron chi connectivity index (χ1n) is 5.53. The maximum absolute atomic E-state index is 13.5. The number of hydrogen-bond acceptors (Lipinski definition) is 4. The van der Waals surface area contributed by atoms with Gasteiger partial charge in [0.05, 0.1) is 25.5 Å². The van der Waals surface area contributed by atoms with Crippen molar-refractivity contribution >= 4 is 17.7 Å². The Labute approximate surface area is 109 Å². The molecule has 5 nitrogen and oxygen atoms in total. The molecule has 0 saturated heterocycles. The van der Waals surface area contributed by atoms with E-state index in [1.807, 2.05) is 0 Å². The Morgan fingerprint density at radius 3 is 2.42 bits per heavy atom. The molecule has 6 heteroatoms. The van der Waals surface area contributed by atoms with Crippen LogP contribution in [0.3, 0.4) is 0 Å². The average Bonchev–Trinajstić information content (AvgIpc) is 2.37. The minimum absolute atomic E-state index is 0.224. The Morgan fingerprint density at radius 2 is 1.89 bits per heavy atom. The van der Waals surface area contributed by atoms with Gasteiger partial charge < -0.3 is 9.84 Å². The summed E-state index contributed by atoms with van der Waals surface area (Å²) >= 11 is 0. The van der Waals surface area contributed by atoms with Gasteiger partial charge >= 0.3 is 11.9 Å². The number of ether oxygens (including phenoxy) is 1. The van der Waals surface area contributed by atoms with Gasteiger partial charge in [0.2, 0.25) is 0 Å². The molecular weight excluding hydrogens is 255 g/mol. The lowest BCUT2D eigenvalue weighted by atomic mass is 9.91. The van der Waals surface area contributed by atoms with E-state index < -0.39 is 42.3 Å². The normalized spacial score (nSPS) is 11.7. The van der Waals surface area contributed by atoms with Crippen LogP contribution in [0.25, 0.3) is 0 Å². The number of methoxy groups -OCH3 is 1. The molecule has 0 bridgehead atoms. The fourth-order valence-electron chi connectivity index (χ4n) is 1.63. The predicted molar refractivity (Wildman–Crippen MR) is 63.1 cm³/mol. The van der Waals surface area contributed by atoms with E-state index in [1.54, 1.807) is 0 Å². The van der Waals surface area contributed by atoms with E-state index >= 15 is 0 Å². The second kappa shape index (κ2) is 6.63. The Balaban J connectivity index is 2.97. The number of benzene rings is 1. The van der Waals surface area contributed by atoms with Gasteiger partial charge in [0.25, 0.3) is 0 Å². The molecule has 0 amide bonds. The number of hydrogen-bond donors (Lipinski definition) is 1. The van der Waals surface area contributed by atoms with Crippen molar-refractivity contribution in [2.24, 2.45) is 5.92 Å². The van der Waals surface area contributed by atoms with E-state index in [4.69, 9.17) is 5.11 Å². The van der Waals surface area contributed by atoms with E-state index in [2.05, 4.69) is 4.74 Å². The highest BCUT2D eigenvalue weighted by molar-refractivity contribution is 6.01. The summed E-state index contributed by atoms with van der Waals surface area (Å²) < 4.78 is 17.9. The number of Topliss-reactive ketones (excluding diaryl/α,β-unsaturated/α-hetero) is 1.